The van der Waals surface area contributed by atoms with Crippen LogP contribution in [0.15, 0.2) is 221 Å². The van der Waals surface area contributed by atoms with Crippen LogP contribution in [0.2, 0.25) is 13.1 Å². The van der Waals surface area contributed by atoms with Crippen LogP contribution in [0.25, 0.3) is 138 Å². The number of rotatable bonds is 5. The third-order valence-corrected chi connectivity index (χ3v) is 19.5. The first-order chi connectivity index (χ1) is 36.4. The summed E-state index contributed by atoms with van der Waals surface area (Å²) in [4.78, 5) is 10.3. The Hall–Kier alpha value is -9.64. The lowest BCUT2D eigenvalue weighted by atomic mass is 10.1. The van der Waals surface area contributed by atoms with Gasteiger partial charge in [0.15, 0.2) is 0 Å². The predicted octanol–water partition coefficient (Wildman–Crippen LogP) is 14.9. The Kier molecular flexibility index (Phi) is 7.72. The van der Waals surface area contributed by atoms with Gasteiger partial charge in [0.05, 0.1) is 60.9 Å². The highest BCUT2D eigenvalue weighted by Crippen LogP contribution is 2.39. The van der Waals surface area contributed by atoms with Crippen LogP contribution in [0.4, 0.5) is 0 Å². The molecule has 10 heteroatoms. The smallest absolute Gasteiger partial charge is 0.220 e. The molecule has 9 nitrogen and oxygen atoms in total. The zero-order valence-electron chi connectivity index (χ0n) is 40.2. The maximum Gasteiger partial charge on any atom is 0.220 e. The van der Waals surface area contributed by atoms with E-state index in [0.29, 0.717) is 0 Å². The molecule has 0 amide bonds. The highest BCUT2D eigenvalue weighted by atomic mass is 28.3. The molecule has 7 heterocycles. The number of fused-ring (bicyclic) bond motifs is 19. The summed E-state index contributed by atoms with van der Waals surface area (Å²) >= 11 is 0. The van der Waals surface area contributed by atoms with Gasteiger partial charge in [-0.15, -0.1) is 0 Å². The number of aromatic nitrogens is 7. The van der Waals surface area contributed by atoms with Gasteiger partial charge in [-0.3, -0.25) is 17.9 Å². The molecule has 0 bridgehead atoms. The molecule has 0 fully saturated rings. The average molecular weight is 968 g/mol. The highest BCUT2D eigenvalue weighted by Gasteiger charge is 2.29. The first-order valence-corrected chi connectivity index (χ1v) is 28.1. The van der Waals surface area contributed by atoms with Crippen molar-refractivity contribution in [1.82, 2.24) is 32.5 Å². The summed E-state index contributed by atoms with van der Waals surface area (Å²) in [5.74, 6) is 1.79. The van der Waals surface area contributed by atoms with Crippen LogP contribution in [0.1, 0.15) is 0 Å². The van der Waals surface area contributed by atoms with Gasteiger partial charge in [0.1, 0.15) is 30.4 Å². The molecule has 0 aliphatic rings. The Labute approximate surface area is 421 Å². The van der Waals surface area contributed by atoms with Crippen LogP contribution in [-0.2, 0) is 0 Å². The second kappa shape index (κ2) is 14.3. The van der Waals surface area contributed by atoms with Crippen LogP contribution in [0.5, 0.6) is 0 Å². The molecule has 17 aromatic rings. The standard InChI is InChI=1S/C64H41N7O2Si/c1-74(2,42-27-32-62-48(37-42)46-35-40(25-30-60(46)73-62)69-56-20-10-12-22-58(56)71-54-18-8-5-15-50(54)66-64(69)71)41-26-31-61-47(36-41)45-34-38(24-29-59(45)72-61)67-51-16-6-3-13-43(51)44-33-39(23-28-52(44)67)68-55-19-9-11-21-57(55)70-53-17-7-4-14-49(53)65-63(68)70/h3-37H,1-2H3. The van der Waals surface area contributed by atoms with Crippen LogP contribution in [0.3, 0.4) is 0 Å². The van der Waals surface area contributed by atoms with E-state index in [4.69, 9.17) is 18.8 Å². The van der Waals surface area contributed by atoms with E-state index in [1.807, 2.05) is 6.07 Å². The first-order valence-electron chi connectivity index (χ1n) is 25.1. The van der Waals surface area contributed by atoms with Gasteiger partial charge in [-0.25, -0.2) is 9.97 Å². The molecule has 0 atom stereocenters. The van der Waals surface area contributed by atoms with E-state index in [2.05, 4.69) is 242 Å². The van der Waals surface area contributed by atoms with E-state index in [-0.39, 0.29) is 0 Å². The molecule has 0 saturated carbocycles. The molecule has 0 saturated heterocycles. The molecule has 74 heavy (non-hydrogen) atoms. The topological polar surface area (TPSA) is 75.7 Å². The molecule has 0 aliphatic carbocycles. The second-order valence-electron chi connectivity index (χ2n) is 20.3. The van der Waals surface area contributed by atoms with E-state index in [1.54, 1.807) is 0 Å². The molecule has 0 unspecified atom stereocenters. The lowest BCUT2D eigenvalue weighted by Crippen LogP contribution is -2.52. The minimum atomic E-state index is -2.30. The van der Waals surface area contributed by atoms with Crippen molar-refractivity contribution in [1.29, 1.82) is 0 Å². The van der Waals surface area contributed by atoms with Gasteiger partial charge in [0, 0.05) is 43.7 Å². The maximum atomic E-state index is 6.61. The van der Waals surface area contributed by atoms with E-state index < -0.39 is 8.07 Å². The predicted molar refractivity (Wildman–Crippen MR) is 305 cm³/mol. The Morgan fingerprint density at radius 3 is 1.22 bits per heavy atom. The zero-order valence-corrected chi connectivity index (χ0v) is 41.2. The van der Waals surface area contributed by atoms with Crippen molar-refractivity contribution < 1.29 is 8.83 Å². The summed E-state index contributed by atoms with van der Waals surface area (Å²) in [7, 11) is -2.30. The highest BCUT2D eigenvalue weighted by molar-refractivity contribution is 7.00. The van der Waals surface area contributed by atoms with Gasteiger partial charge in [0.25, 0.3) is 0 Å². The molecule has 10 aromatic carbocycles. The van der Waals surface area contributed by atoms with Crippen molar-refractivity contribution in [3.63, 3.8) is 0 Å². The van der Waals surface area contributed by atoms with Gasteiger partial charge in [0.2, 0.25) is 11.6 Å². The molecule has 0 radical (unpaired) electrons. The molecule has 0 N–H and O–H groups in total. The van der Waals surface area contributed by atoms with Crippen LogP contribution < -0.4 is 10.4 Å². The molecular weight excluding hydrogens is 927 g/mol. The lowest BCUT2D eigenvalue weighted by Gasteiger charge is -2.24. The Morgan fingerprint density at radius 1 is 0.311 bits per heavy atom. The SMILES string of the molecule is C[Si](C)(c1ccc2oc3ccc(-n4c5ccccc5c5cc(-n6c7ccccc7n7c8ccccc8nc67)ccc54)cc3c2c1)c1ccc2oc3ccc(-n4c5ccccc5n5c6ccccc6nc45)cc3c2c1. The van der Waals surface area contributed by atoms with Crippen molar-refractivity contribution in [2.45, 2.75) is 13.1 Å². The normalized spacial score (nSPS) is 12.7. The van der Waals surface area contributed by atoms with Crippen molar-refractivity contribution in [2.75, 3.05) is 0 Å². The number of para-hydroxylation sites is 9. The van der Waals surface area contributed by atoms with Crippen LogP contribution >= 0.6 is 0 Å². The molecule has 348 valence electrons. The fourth-order valence-electron chi connectivity index (χ4n) is 12.3. The zero-order chi connectivity index (χ0) is 48.6. The van der Waals surface area contributed by atoms with Crippen LogP contribution in [0, 0.1) is 0 Å². The number of nitrogens with zero attached hydrogens (tertiary/aromatic N) is 7. The lowest BCUT2D eigenvalue weighted by molar-refractivity contribution is 0.668. The van der Waals surface area contributed by atoms with E-state index in [1.165, 1.54) is 21.1 Å². The Bertz CT molecular complexity index is 5270. The summed E-state index contributed by atoms with van der Waals surface area (Å²) in [5.41, 5.74) is 17.6. The monoisotopic (exact) mass is 967 g/mol. The molecular formula is C64H41N7O2Si. The summed E-state index contributed by atoms with van der Waals surface area (Å²) in [5, 5.41) is 9.46. The largest absolute Gasteiger partial charge is 0.456 e. The van der Waals surface area contributed by atoms with E-state index in [9.17, 15) is 0 Å². The Morgan fingerprint density at radius 2 is 0.689 bits per heavy atom. The molecule has 0 spiro atoms. The van der Waals surface area contributed by atoms with Crippen molar-refractivity contribution in [3.8, 4) is 17.1 Å². The van der Waals surface area contributed by atoms with Gasteiger partial charge in [-0.2, -0.15) is 0 Å². The quantitative estimate of drug-likeness (QED) is 0.161. The minimum Gasteiger partial charge on any atom is -0.456 e. The molecule has 7 aromatic heterocycles. The van der Waals surface area contributed by atoms with Crippen molar-refractivity contribution >= 4 is 140 Å². The fourth-order valence-corrected chi connectivity index (χ4v) is 14.7. The van der Waals surface area contributed by atoms with Gasteiger partial charge in [-0.05, 0) is 121 Å². The number of imidazole rings is 4. The fraction of sp³-hybridized carbons (Fsp3) is 0.0312. The van der Waals surface area contributed by atoms with Crippen molar-refractivity contribution in [2.24, 2.45) is 0 Å². The number of furan rings is 2. The minimum absolute atomic E-state index is 0.867. The third-order valence-electron chi connectivity index (χ3n) is 16.0. The van der Waals surface area contributed by atoms with Crippen molar-refractivity contribution in [3.05, 3.63) is 212 Å². The maximum absolute atomic E-state index is 6.61. The first kappa shape index (κ1) is 40.0. The van der Waals surface area contributed by atoms with E-state index in [0.717, 1.165) is 128 Å². The molecule has 17 rings (SSSR count). The average Bonchev–Trinajstić information content (AvgIpc) is 4.33. The third kappa shape index (κ3) is 5.31. The summed E-state index contributed by atoms with van der Waals surface area (Å²) < 4.78 is 24.7. The summed E-state index contributed by atoms with van der Waals surface area (Å²) in [6.45, 7) is 4.90. The van der Waals surface area contributed by atoms with Gasteiger partial charge >= 0.3 is 0 Å². The molecule has 0 aliphatic heterocycles. The number of benzene rings is 10. The van der Waals surface area contributed by atoms with E-state index >= 15 is 0 Å². The number of hydrogen-bond donors (Lipinski definition) is 0. The van der Waals surface area contributed by atoms with Gasteiger partial charge in [-0.1, -0.05) is 114 Å². The second-order valence-corrected chi connectivity index (χ2v) is 24.7. The number of hydrogen-bond acceptors (Lipinski definition) is 4. The summed E-state index contributed by atoms with van der Waals surface area (Å²) in [6.07, 6.45) is 0. The van der Waals surface area contributed by atoms with Crippen LogP contribution in [-0.4, -0.2) is 40.5 Å². The summed E-state index contributed by atoms with van der Waals surface area (Å²) in [6, 6.07) is 76.3. The Balaban J connectivity index is 0.779. The van der Waals surface area contributed by atoms with Gasteiger partial charge < -0.3 is 13.4 Å².